The van der Waals surface area contributed by atoms with Crippen molar-refractivity contribution in [1.29, 1.82) is 0 Å². The number of ether oxygens (including phenoxy) is 1. The minimum atomic E-state index is -0.594. The first-order valence-corrected chi connectivity index (χ1v) is 8.55. The smallest absolute Gasteiger partial charge is 0.181 e. The van der Waals surface area contributed by atoms with Gasteiger partial charge in [0.25, 0.3) is 0 Å². The van der Waals surface area contributed by atoms with E-state index in [1.165, 1.54) is 0 Å². The van der Waals surface area contributed by atoms with Crippen LogP contribution in [0.2, 0.25) is 5.02 Å². The maximum Gasteiger partial charge on any atom is 0.181 e. The Kier molecular flexibility index (Phi) is 4.67. The molecule has 0 aliphatic carbocycles. The summed E-state index contributed by atoms with van der Waals surface area (Å²) in [5.41, 5.74) is 4.97. The van der Waals surface area contributed by atoms with Crippen LogP contribution in [0.25, 0.3) is 11.1 Å². The van der Waals surface area contributed by atoms with Gasteiger partial charge in [-0.2, -0.15) is 5.10 Å². The van der Waals surface area contributed by atoms with E-state index in [-0.39, 0.29) is 5.41 Å². The first-order chi connectivity index (χ1) is 11.9. The first kappa shape index (κ1) is 17.6. The zero-order valence-electron chi connectivity index (χ0n) is 14.9. The third-order valence-electron chi connectivity index (χ3n) is 4.94. The molecule has 130 valence electrons. The molecule has 0 radical (unpaired) electrons. The molecule has 1 heterocycles. The SMILES string of the molecule is COC1(C)/C(=N\Nc2cccc(-c3ccccc3)c2Cl)N=CC1(C)C. The molecule has 0 aromatic heterocycles. The van der Waals surface area contributed by atoms with E-state index in [0.717, 1.165) is 16.8 Å². The van der Waals surface area contributed by atoms with Crippen LogP contribution in [-0.2, 0) is 4.74 Å². The van der Waals surface area contributed by atoms with E-state index >= 15 is 0 Å². The Balaban J connectivity index is 1.91. The minimum absolute atomic E-state index is 0.238. The molecule has 1 atom stereocenters. The Bertz CT molecular complexity index is 830. The van der Waals surface area contributed by atoms with Gasteiger partial charge in [-0.15, -0.1) is 0 Å². The summed E-state index contributed by atoms with van der Waals surface area (Å²) in [6.45, 7) is 6.14. The van der Waals surface area contributed by atoms with Crippen LogP contribution in [0.1, 0.15) is 20.8 Å². The predicted octanol–water partition coefficient (Wildman–Crippen LogP) is 5.25. The molecule has 0 bridgehead atoms. The molecule has 1 N–H and O–H groups in total. The molecule has 1 aliphatic heterocycles. The van der Waals surface area contributed by atoms with Crippen molar-refractivity contribution in [3.8, 4) is 11.1 Å². The third kappa shape index (κ3) is 3.08. The van der Waals surface area contributed by atoms with Crippen molar-refractivity contribution in [3.05, 3.63) is 53.6 Å². The Morgan fingerprint density at radius 2 is 1.76 bits per heavy atom. The number of hydrogen-bond acceptors (Lipinski definition) is 3. The van der Waals surface area contributed by atoms with Gasteiger partial charge in [-0.3, -0.25) is 5.43 Å². The van der Waals surface area contributed by atoms with Gasteiger partial charge in [0.15, 0.2) is 5.84 Å². The zero-order chi connectivity index (χ0) is 18.1. The molecular weight excluding hydrogens is 334 g/mol. The number of aliphatic imine (C=N–C) groups is 1. The van der Waals surface area contributed by atoms with Crippen molar-refractivity contribution < 1.29 is 4.74 Å². The molecule has 25 heavy (non-hydrogen) atoms. The van der Waals surface area contributed by atoms with Crippen LogP contribution in [0.3, 0.4) is 0 Å². The van der Waals surface area contributed by atoms with Crippen molar-refractivity contribution in [1.82, 2.24) is 0 Å². The van der Waals surface area contributed by atoms with Gasteiger partial charge in [-0.05, 0) is 18.6 Å². The quantitative estimate of drug-likeness (QED) is 0.761. The summed E-state index contributed by atoms with van der Waals surface area (Å²) in [4.78, 5) is 4.43. The third-order valence-corrected chi connectivity index (χ3v) is 5.35. The Hall–Kier alpha value is -2.17. The van der Waals surface area contributed by atoms with E-state index in [1.54, 1.807) is 7.11 Å². The fourth-order valence-electron chi connectivity index (χ4n) is 2.82. The number of amidine groups is 1. The first-order valence-electron chi connectivity index (χ1n) is 8.17. The van der Waals surface area contributed by atoms with Gasteiger partial charge < -0.3 is 4.74 Å². The molecule has 2 aromatic rings. The standard InChI is InChI=1S/C20H22ClN3O/c1-19(2)13-22-18(20(19,3)25-4)24-23-16-12-8-11-15(17(16)21)14-9-6-5-7-10-14/h5-13,23H,1-4H3/b24-18+. The molecular formula is C20H22ClN3O. The van der Waals surface area contributed by atoms with Gasteiger partial charge in [0.1, 0.15) is 5.60 Å². The average Bonchev–Trinajstić information content (AvgIpc) is 2.85. The lowest BCUT2D eigenvalue weighted by molar-refractivity contribution is 0.00905. The lowest BCUT2D eigenvalue weighted by atomic mass is 9.78. The van der Waals surface area contributed by atoms with Gasteiger partial charge in [0.2, 0.25) is 0 Å². The Morgan fingerprint density at radius 1 is 1.04 bits per heavy atom. The van der Waals surface area contributed by atoms with Crippen molar-refractivity contribution in [3.63, 3.8) is 0 Å². The molecule has 0 fully saturated rings. The van der Waals surface area contributed by atoms with Crippen LogP contribution in [0.15, 0.2) is 58.6 Å². The number of hydrazone groups is 1. The van der Waals surface area contributed by atoms with E-state index in [2.05, 4.69) is 29.4 Å². The van der Waals surface area contributed by atoms with Crippen LogP contribution >= 0.6 is 11.6 Å². The second kappa shape index (κ2) is 6.62. The molecule has 0 saturated carbocycles. The highest BCUT2D eigenvalue weighted by Crippen LogP contribution is 2.39. The maximum absolute atomic E-state index is 6.59. The maximum atomic E-state index is 6.59. The second-order valence-electron chi connectivity index (χ2n) is 6.80. The molecule has 0 spiro atoms. The number of benzene rings is 2. The van der Waals surface area contributed by atoms with Crippen molar-refractivity contribution in [2.75, 3.05) is 12.5 Å². The van der Waals surface area contributed by atoms with Gasteiger partial charge in [0.05, 0.1) is 10.7 Å². The highest BCUT2D eigenvalue weighted by Gasteiger charge is 2.49. The van der Waals surface area contributed by atoms with E-state index < -0.39 is 5.60 Å². The largest absolute Gasteiger partial charge is 0.369 e. The lowest BCUT2D eigenvalue weighted by Crippen LogP contribution is -2.46. The summed E-state index contributed by atoms with van der Waals surface area (Å²) in [6.07, 6.45) is 1.87. The zero-order valence-corrected chi connectivity index (χ0v) is 15.6. The van der Waals surface area contributed by atoms with Gasteiger partial charge in [-0.25, -0.2) is 4.99 Å². The number of nitrogens with one attached hydrogen (secondary N) is 1. The summed E-state index contributed by atoms with van der Waals surface area (Å²) >= 11 is 6.59. The average molecular weight is 356 g/mol. The molecule has 2 aromatic carbocycles. The van der Waals surface area contributed by atoms with Gasteiger partial charge in [-0.1, -0.05) is 67.9 Å². The van der Waals surface area contributed by atoms with Crippen LogP contribution in [-0.4, -0.2) is 24.8 Å². The number of halogens is 1. The van der Waals surface area contributed by atoms with Crippen molar-refractivity contribution in [2.24, 2.45) is 15.5 Å². The van der Waals surface area contributed by atoms with E-state index in [4.69, 9.17) is 16.3 Å². The summed E-state index contributed by atoms with van der Waals surface area (Å²) < 4.78 is 5.71. The fraction of sp³-hybridized carbons (Fsp3) is 0.300. The lowest BCUT2D eigenvalue weighted by Gasteiger charge is -2.34. The monoisotopic (exact) mass is 355 g/mol. The number of methoxy groups -OCH3 is 1. The molecule has 1 aliphatic rings. The van der Waals surface area contributed by atoms with Crippen molar-refractivity contribution >= 4 is 29.3 Å². The Labute approximate surface area is 153 Å². The normalized spacial score (nSPS) is 23.2. The summed E-state index contributed by atoms with van der Waals surface area (Å²) in [5, 5.41) is 5.09. The highest BCUT2D eigenvalue weighted by molar-refractivity contribution is 6.36. The molecule has 1 unspecified atom stereocenters. The van der Waals surface area contributed by atoms with E-state index in [0.29, 0.717) is 10.9 Å². The van der Waals surface area contributed by atoms with Crippen molar-refractivity contribution in [2.45, 2.75) is 26.4 Å². The Morgan fingerprint density at radius 3 is 2.44 bits per heavy atom. The molecule has 5 heteroatoms. The summed E-state index contributed by atoms with van der Waals surface area (Å²) in [5.74, 6) is 0.598. The number of rotatable bonds is 4. The van der Waals surface area contributed by atoms with Gasteiger partial charge in [0, 0.05) is 24.3 Å². The topological polar surface area (TPSA) is 46.0 Å². The minimum Gasteiger partial charge on any atom is -0.369 e. The predicted molar refractivity (Wildman–Crippen MR) is 106 cm³/mol. The number of hydrogen-bond donors (Lipinski definition) is 1. The highest BCUT2D eigenvalue weighted by atomic mass is 35.5. The van der Waals surface area contributed by atoms with Crippen LogP contribution in [0, 0.1) is 5.41 Å². The number of nitrogens with zero attached hydrogens (tertiary/aromatic N) is 2. The molecule has 0 amide bonds. The number of anilines is 1. The van der Waals surface area contributed by atoms with E-state index in [9.17, 15) is 0 Å². The summed E-state index contributed by atoms with van der Waals surface area (Å²) in [7, 11) is 1.68. The van der Waals surface area contributed by atoms with E-state index in [1.807, 2.05) is 61.7 Å². The molecule has 4 nitrogen and oxygen atoms in total. The second-order valence-corrected chi connectivity index (χ2v) is 7.18. The molecule has 3 rings (SSSR count). The summed E-state index contributed by atoms with van der Waals surface area (Å²) in [6, 6.07) is 15.9. The fourth-order valence-corrected chi connectivity index (χ4v) is 3.10. The van der Waals surface area contributed by atoms with Crippen LogP contribution in [0.5, 0.6) is 0 Å². The van der Waals surface area contributed by atoms with Crippen LogP contribution in [0.4, 0.5) is 5.69 Å². The van der Waals surface area contributed by atoms with Crippen LogP contribution < -0.4 is 5.43 Å². The van der Waals surface area contributed by atoms with Gasteiger partial charge >= 0.3 is 0 Å². The molecule has 0 saturated heterocycles.